The summed E-state index contributed by atoms with van der Waals surface area (Å²) in [5, 5.41) is 2.77. The molecule has 7 nitrogen and oxygen atoms in total. The Bertz CT molecular complexity index is 1190. The summed E-state index contributed by atoms with van der Waals surface area (Å²) in [6.07, 6.45) is 1.87. The predicted octanol–water partition coefficient (Wildman–Crippen LogP) is 4.43. The molecule has 2 aromatic carbocycles. The Morgan fingerprint density at radius 3 is 2.70 bits per heavy atom. The summed E-state index contributed by atoms with van der Waals surface area (Å²) in [5.41, 5.74) is 4.53. The smallest absolute Gasteiger partial charge is 0.342 e. The second-order valence-electron chi connectivity index (χ2n) is 7.07. The van der Waals surface area contributed by atoms with Crippen LogP contribution in [-0.2, 0) is 4.74 Å². The van der Waals surface area contributed by atoms with Gasteiger partial charge in [-0.05, 0) is 72.0 Å². The first-order chi connectivity index (χ1) is 14.3. The Morgan fingerprint density at radius 1 is 1.33 bits per heavy atom. The quantitative estimate of drug-likeness (QED) is 0.363. The number of nitrogens with zero attached hydrogens (tertiary/aromatic N) is 1. The molecule has 1 heterocycles. The first kappa shape index (κ1) is 20.5. The van der Waals surface area contributed by atoms with Crippen molar-refractivity contribution in [3.8, 4) is 0 Å². The SMILES string of the molecule is Cc1cc(I)ccc1Nc1c(F)c(F)c2oc(C(N)=O)nc2c1C(=O)OCC1CC1. The number of nitrogens with two attached hydrogens (primary N) is 1. The highest BCUT2D eigenvalue weighted by molar-refractivity contribution is 14.1. The molecule has 3 aromatic rings. The van der Waals surface area contributed by atoms with E-state index in [1.54, 1.807) is 19.1 Å². The van der Waals surface area contributed by atoms with Gasteiger partial charge in [0.1, 0.15) is 11.1 Å². The number of ether oxygens (including phenoxy) is 1. The summed E-state index contributed by atoms with van der Waals surface area (Å²) in [6, 6.07) is 5.28. The third-order valence-corrected chi connectivity index (χ3v) is 5.41. The van der Waals surface area contributed by atoms with Gasteiger partial charge in [0.2, 0.25) is 5.82 Å². The number of anilines is 2. The number of nitrogens with one attached hydrogen (secondary N) is 1. The van der Waals surface area contributed by atoms with Crippen molar-refractivity contribution in [2.24, 2.45) is 11.7 Å². The van der Waals surface area contributed by atoms with Crippen molar-refractivity contribution in [1.29, 1.82) is 0 Å². The highest BCUT2D eigenvalue weighted by Gasteiger charge is 2.32. The van der Waals surface area contributed by atoms with E-state index in [4.69, 9.17) is 14.9 Å². The number of fused-ring (bicyclic) bond motifs is 1. The van der Waals surface area contributed by atoms with Crippen LogP contribution < -0.4 is 11.1 Å². The molecule has 3 N–H and O–H groups in total. The highest BCUT2D eigenvalue weighted by Crippen LogP contribution is 2.36. The van der Waals surface area contributed by atoms with E-state index < -0.39 is 40.7 Å². The molecule has 1 saturated carbocycles. The summed E-state index contributed by atoms with van der Waals surface area (Å²) < 4.78 is 40.9. The first-order valence-corrected chi connectivity index (χ1v) is 10.2. The van der Waals surface area contributed by atoms with Gasteiger partial charge in [0.15, 0.2) is 11.4 Å². The average molecular weight is 527 g/mol. The fourth-order valence-electron chi connectivity index (χ4n) is 2.95. The van der Waals surface area contributed by atoms with Gasteiger partial charge in [-0.1, -0.05) is 0 Å². The van der Waals surface area contributed by atoms with E-state index in [0.29, 0.717) is 5.69 Å². The molecule has 0 atom stereocenters. The van der Waals surface area contributed by atoms with Gasteiger partial charge in [-0.15, -0.1) is 0 Å². The van der Waals surface area contributed by atoms with Gasteiger partial charge in [-0.25, -0.2) is 14.2 Å². The standard InChI is InChI=1S/C20H16F2IN3O4/c1-8-6-10(23)4-5-11(8)25-15-12(20(28)29-7-9-2-3-9)16-17(14(22)13(15)21)30-19(26-16)18(24)27/h4-6,9,25H,2-3,7H2,1H3,(H2,24,27). The molecule has 1 amide bonds. The molecule has 1 aliphatic carbocycles. The Morgan fingerprint density at radius 2 is 2.07 bits per heavy atom. The summed E-state index contributed by atoms with van der Waals surface area (Å²) in [5.74, 6) is -5.11. The topological polar surface area (TPSA) is 107 Å². The molecule has 0 saturated heterocycles. The maximum atomic E-state index is 15.0. The number of hydrogen-bond acceptors (Lipinski definition) is 6. The molecule has 1 fully saturated rings. The average Bonchev–Trinajstić information content (AvgIpc) is 3.42. The van der Waals surface area contributed by atoms with Gasteiger partial charge in [0, 0.05) is 9.26 Å². The van der Waals surface area contributed by atoms with Crippen LogP contribution in [0.5, 0.6) is 0 Å². The van der Waals surface area contributed by atoms with Crippen LogP contribution in [0.4, 0.5) is 20.2 Å². The zero-order chi connectivity index (χ0) is 21.6. The number of oxazole rings is 1. The molecule has 1 aromatic heterocycles. The molecule has 4 rings (SSSR count). The normalized spacial score (nSPS) is 13.5. The van der Waals surface area contributed by atoms with Crippen molar-refractivity contribution in [2.75, 3.05) is 11.9 Å². The minimum atomic E-state index is -1.39. The monoisotopic (exact) mass is 527 g/mol. The third-order valence-electron chi connectivity index (χ3n) is 4.74. The number of halogens is 3. The van der Waals surface area contributed by atoms with Gasteiger partial charge < -0.3 is 20.2 Å². The lowest BCUT2D eigenvalue weighted by atomic mass is 10.1. The van der Waals surface area contributed by atoms with Crippen molar-refractivity contribution in [1.82, 2.24) is 4.98 Å². The number of benzene rings is 2. The first-order valence-electron chi connectivity index (χ1n) is 9.07. The molecular weight excluding hydrogens is 511 g/mol. The minimum Gasteiger partial charge on any atom is -0.462 e. The molecule has 0 spiro atoms. The van der Waals surface area contributed by atoms with Crippen molar-refractivity contribution in [3.05, 3.63) is 50.4 Å². The van der Waals surface area contributed by atoms with Gasteiger partial charge in [0.05, 0.1) is 12.3 Å². The number of rotatable bonds is 6. The molecule has 0 aliphatic heterocycles. The number of carbonyl (C=O) groups excluding carboxylic acids is 2. The lowest BCUT2D eigenvalue weighted by molar-refractivity contribution is 0.0488. The fourth-order valence-corrected chi connectivity index (χ4v) is 3.60. The Kier molecular flexibility index (Phi) is 5.35. The zero-order valence-electron chi connectivity index (χ0n) is 15.7. The number of carbonyl (C=O) groups is 2. The van der Waals surface area contributed by atoms with E-state index in [-0.39, 0.29) is 23.6 Å². The minimum absolute atomic E-state index is 0.155. The molecule has 10 heteroatoms. The second-order valence-corrected chi connectivity index (χ2v) is 8.31. The predicted molar refractivity (Wildman–Crippen MR) is 113 cm³/mol. The van der Waals surface area contributed by atoms with E-state index in [9.17, 15) is 14.0 Å². The summed E-state index contributed by atoms with van der Waals surface area (Å²) in [6.45, 7) is 1.94. The molecule has 0 bridgehead atoms. The largest absolute Gasteiger partial charge is 0.462 e. The number of aromatic nitrogens is 1. The zero-order valence-corrected chi connectivity index (χ0v) is 17.9. The Labute approximate surface area is 183 Å². The highest BCUT2D eigenvalue weighted by atomic mass is 127. The number of hydrogen-bond donors (Lipinski definition) is 2. The van der Waals surface area contributed by atoms with E-state index in [1.165, 1.54) is 0 Å². The molecular formula is C20H16F2IN3O4. The Balaban J connectivity index is 1.89. The number of aryl methyl sites for hydroxylation is 1. The number of esters is 1. The molecule has 0 unspecified atom stereocenters. The summed E-state index contributed by atoms with van der Waals surface area (Å²) in [4.78, 5) is 28.1. The van der Waals surface area contributed by atoms with Crippen LogP contribution >= 0.6 is 22.6 Å². The van der Waals surface area contributed by atoms with Crippen LogP contribution in [0.25, 0.3) is 11.1 Å². The summed E-state index contributed by atoms with van der Waals surface area (Å²) in [7, 11) is 0. The molecule has 0 radical (unpaired) electrons. The lowest BCUT2D eigenvalue weighted by Gasteiger charge is -2.15. The van der Waals surface area contributed by atoms with Crippen molar-refractivity contribution in [3.63, 3.8) is 0 Å². The maximum Gasteiger partial charge on any atom is 0.342 e. The van der Waals surface area contributed by atoms with Gasteiger partial charge in [-0.2, -0.15) is 4.39 Å². The van der Waals surface area contributed by atoms with Crippen LogP contribution in [0.3, 0.4) is 0 Å². The number of primary amides is 1. The lowest BCUT2D eigenvalue weighted by Crippen LogP contribution is -2.14. The maximum absolute atomic E-state index is 15.0. The second kappa shape index (κ2) is 7.82. The van der Waals surface area contributed by atoms with Crippen LogP contribution in [0.1, 0.15) is 39.4 Å². The van der Waals surface area contributed by atoms with Crippen molar-refractivity contribution in [2.45, 2.75) is 19.8 Å². The van der Waals surface area contributed by atoms with Gasteiger partial charge in [0.25, 0.3) is 5.89 Å². The van der Waals surface area contributed by atoms with Crippen molar-refractivity contribution < 1.29 is 27.5 Å². The molecule has 156 valence electrons. The van der Waals surface area contributed by atoms with Gasteiger partial charge >= 0.3 is 11.9 Å². The molecule has 30 heavy (non-hydrogen) atoms. The number of amides is 1. The van der Waals surface area contributed by atoms with E-state index in [0.717, 1.165) is 22.0 Å². The van der Waals surface area contributed by atoms with Gasteiger partial charge in [-0.3, -0.25) is 4.79 Å². The third kappa shape index (κ3) is 3.83. The van der Waals surface area contributed by atoms with E-state index >= 15 is 4.39 Å². The van der Waals surface area contributed by atoms with Crippen molar-refractivity contribution >= 4 is 56.9 Å². The van der Waals surface area contributed by atoms with E-state index in [1.807, 2.05) is 6.07 Å². The summed E-state index contributed by atoms with van der Waals surface area (Å²) >= 11 is 2.12. The van der Waals surface area contributed by atoms with Crippen LogP contribution in [0, 0.1) is 28.0 Å². The van der Waals surface area contributed by atoms with Crippen LogP contribution in [0.2, 0.25) is 0 Å². The molecule has 1 aliphatic rings. The Hall–Kier alpha value is -2.76. The van der Waals surface area contributed by atoms with Crippen LogP contribution in [-0.4, -0.2) is 23.5 Å². The van der Waals surface area contributed by atoms with E-state index in [2.05, 4.69) is 32.9 Å². The van der Waals surface area contributed by atoms with Crippen LogP contribution in [0.15, 0.2) is 22.6 Å². The fraction of sp³-hybridized carbons (Fsp3) is 0.250.